The van der Waals surface area contributed by atoms with Crippen LogP contribution < -0.4 is 9.80 Å². The number of carbonyl (C=O) groups excluding carboxylic acids is 2. The number of hydrogen-bond donors (Lipinski definition) is 1. The number of phenolic OH excluding ortho intramolecular Hbond substituents is 1. The lowest BCUT2D eigenvalue weighted by molar-refractivity contribution is 0.178. The standard InChI is InChI=1S/C16H20N2O5/c1-10-6-5-7-18(16(21)23-4)12-8-11(9-13(19)14(10)12)17(2)15(20)22-3/h6,8-9,19H,5,7H2,1-4H3. The molecule has 7 nitrogen and oxygen atoms in total. The van der Waals surface area contributed by atoms with Gasteiger partial charge in [0.05, 0.1) is 25.6 Å². The number of anilines is 2. The largest absolute Gasteiger partial charge is 0.507 e. The van der Waals surface area contributed by atoms with Crippen molar-refractivity contribution in [1.29, 1.82) is 0 Å². The topological polar surface area (TPSA) is 79.3 Å². The van der Waals surface area contributed by atoms with Crippen molar-refractivity contribution in [3.05, 3.63) is 23.8 Å². The second kappa shape index (κ2) is 6.60. The highest BCUT2D eigenvalue weighted by atomic mass is 16.5. The van der Waals surface area contributed by atoms with Crippen molar-refractivity contribution < 1.29 is 24.2 Å². The second-order valence-corrected chi connectivity index (χ2v) is 5.19. The lowest BCUT2D eigenvalue weighted by atomic mass is 10.0. The van der Waals surface area contributed by atoms with E-state index in [1.54, 1.807) is 6.07 Å². The summed E-state index contributed by atoms with van der Waals surface area (Å²) < 4.78 is 9.50. The van der Waals surface area contributed by atoms with Crippen LogP contribution in [0.3, 0.4) is 0 Å². The van der Waals surface area contributed by atoms with E-state index >= 15 is 0 Å². The fourth-order valence-corrected chi connectivity index (χ4v) is 2.58. The molecule has 0 bridgehead atoms. The van der Waals surface area contributed by atoms with Crippen LogP contribution in [0.2, 0.25) is 0 Å². The Labute approximate surface area is 134 Å². The van der Waals surface area contributed by atoms with Gasteiger partial charge in [-0.3, -0.25) is 9.80 Å². The van der Waals surface area contributed by atoms with E-state index in [1.165, 1.54) is 37.1 Å². The molecule has 7 heteroatoms. The third-order valence-corrected chi connectivity index (χ3v) is 3.80. The molecular formula is C16H20N2O5. The summed E-state index contributed by atoms with van der Waals surface area (Å²) in [4.78, 5) is 26.5. The second-order valence-electron chi connectivity index (χ2n) is 5.19. The Morgan fingerprint density at radius 2 is 1.96 bits per heavy atom. The van der Waals surface area contributed by atoms with Gasteiger partial charge in [0.2, 0.25) is 0 Å². The van der Waals surface area contributed by atoms with Gasteiger partial charge in [0.15, 0.2) is 0 Å². The first-order chi connectivity index (χ1) is 10.9. The molecule has 0 aliphatic carbocycles. The van der Waals surface area contributed by atoms with Gasteiger partial charge in [-0.15, -0.1) is 0 Å². The van der Waals surface area contributed by atoms with E-state index in [0.717, 1.165) is 5.57 Å². The maximum absolute atomic E-state index is 12.1. The Hall–Kier alpha value is -2.70. The number of benzene rings is 1. The Morgan fingerprint density at radius 1 is 1.26 bits per heavy atom. The van der Waals surface area contributed by atoms with E-state index in [-0.39, 0.29) is 5.75 Å². The molecule has 1 aromatic rings. The van der Waals surface area contributed by atoms with Crippen LogP contribution in [-0.2, 0) is 9.47 Å². The minimum Gasteiger partial charge on any atom is -0.507 e. The number of allylic oxidation sites excluding steroid dienone is 1. The van der Waals surface area contributed by atoms with E-state index < -0.39 is 12.2 Å². The molecule has 0 spiro atoms. The van der Waals surface area contributed by atoms with Gasteiger partial charge in [-0.25, -0.2) is 9.59 Å². The van der Waals surface area contributed by atoms with E-state index in [0.29, 0.717) is 29.9 Å². The Bertz CT molecular complexity index is 669. The Morgan fingerprint density at radius 3 is 2.57 bits per heavy atom. The van der Waals surface area contributed by atoms with Crippen LogP contribution in [0.5, 0.6) is 5.75 Å². The first-order valence-corrected chi connectivity index (χ1v) is 7.12. The minimum absolute atomic E-state index is 0.0159. The molecule has 0 saturated heterocycles. The van der Waals surface area contributed by atoms with Crippen molar-refractivity contribution in [3.63, 3.8) is 0 Å². The molecular weight excluding hydrogens is 300 g/mol. The van der Waals surface area contributed by atoms with Gasteiger partial charge in [0, 0.05) is 25.2 Å². The fraction of sp³-hybridized carbons (Fsp3) is 0.375. The van der Waals surface area contributed by atoms with E-state index in [2.05, 4.69) is 4.74 Å². The van der Waals surface area contributed by atoms with Crippen molar-refractivity contribution in [2.45, 2.75) is 13.3 Å². The van der Waals surface area contributed by atoms with Gasteiger partial charge in [-0.05, 0) is 25.0 Å². The molecule has 1 aliphatic rings. The van der Waals surface area contributed by atoms with Crippen molar-refractivity contribution in [2.24, 2.45) is 0 Å². The Balaban J connectivity index is 2.61. The summed E-state index contributed by atoms with van der Waals surface area (Å²) >= 11 is 0. The molecule has 23 heavy (non-hydrogen) atoms. The third kappa shape index (κ3) is 3.08. The van der Waals surface area contributed by atoms with Crippen LogP contribution in [0.15, 0.2) is 18.2 Å². The zero-order valence-corrected chi connectivity index (χ0v) is 13.6. The predicted molar refractivity (Wildman–Crippen MR) is 86.9 cm³/mol. The maximum atomic E-state index is 12.1. The quantitative estimate of drug-likeness (QED) is 0.860. The van der Waals surface area contributed by atoms with E-state index in [9.17, 15) is 14.7 Å². The van der Waals surface area contributed by atoms with Gasteiger partial charge in [0.1, 0.15) is 5.75 Å². The molecule has 0 aromatic heterocycles. The van der Waals surface area contributed by atoms with Crippen LogP contribution >= 0.6 is 0 Å². The summed E-state index contributed by atoms with van der Waals surface area (Å²) in [6, 6.07) is 3.12. The highest BCUT2D eigenvalue weighted by molar-refractivity contribution is 5.97. The fourth-order valence-electron chi connectivity index (χ4n) is 2.58. The smallest absolute Gasteiger partial charge is 0.414 e. The number of amides is 2. The van der Waals surface area contributed by atoms with Crippen molar-refractivity contribution >= 4 is 29.1 Å². The maximum Gasteiger partial charge on any atom is 0.414 e. The molecule has 1 heterocycles. The molecule has 124 valence electrons. The van der Waals surface area contributed by atoms with Crippen LogP contribution in [0, 0.1) is 0 Å². The molecule has 0 radical (unpaired) electrons. The monoisotopic (exact) mass is 320 g/mol. The summed E-state index contributed by atoms with van der Waals surface area (Å²) in [5, 5.41) is 10.4. The molecule has 1 N–H and O–H groups in total. The van der Waals surface area contributed by atoms with Crippen molar-refractivity contribution in [3.8, 4) is 5.75 Å². The molecule has 1 aromatic carbocycles. The number of hydrogen-bond acceptors (Lipinski definition) is 5. The average Bonchev–Trinajstić information content (AvgIpc) is 2.71. The van der Waals surface area contributed by atoms with Gasteiger partial charge in [-0.1, -0.05) is 6.08 Å². The molecule has 2 rings (SSSR count). The van der Waals surface area contributed by atoms with Crippen LogP contribution in [0.25, 0.3) is 5.57 Å². The van der Waals surface area contributed by atoms with Gasteiger partial charge < -0.3 is 14.6 Å². The van der Waals surface area contributed by atoms with E-state index in [1.807, 2.05) is 13.0 Å². The summed E-state index contributed by atoms with van der Waals surface area (Å²) in [6.45, 7) is 2.28. The third-order valence-electron chi connectivity index (χ3n) is 3.80. The zero-order chi connectivity index (χ0) is 17.1. The summed E-state index contributed by atoms with van der Waals surface area (Å²) in [6.07, 6.45) is 1.49. The summed E-state index contributed by atoms with van der Waals surface area (Å²) in [5.41, 5.74) is 2.32. The molecule has 0 unspecified atom stereocenters. The molecule has 0 fully saturated rings. The number of phenols is 1. The number of carbonyl (C=O) groups is 2. The molecule has 0 atom stereocenters. The minimum atomic E-state index is -0.574. The molecule has 0 saturated carbocycles. The number of nitrogens with zero attached hydrogens (tertiary/aromatic N) is 2. The first kappa shape index (κ1) is 16.7. The number of ether oxygens (including phenoxy) is 2. The molecule has 1 aliphatic heterocycles. The predicted octanol–water partition coefficient (Wildman–Crippen LogP) is 2.97. The first-order valence-electron chi connectivity index (χ1n) is 7.12. The normalized spacial score (nSPS) is 13.6. The van der Waals surface area contributed by atoms with Crippen molar-refractivity contribution in [1.82, 2.24) is 0 Å². The molecule has 2 amide bonds. The number of aromatic hydroxyl groups is 1. The average molecular weight is 320 g/mol. The lowest BCUT2D eigenvalue weighted by Crippen LogP contribution is -2.32. The van der Waals surface area contributed by atoms with Gasteiger partial charge in [0.25, 0.3) is 0 Å². The van der Waals surface area contributed by atoms with E-state index in [4.69, 9.17) is 4.74 Å². The van der Waals surface area contributed by atoms with Gasteiger partial charge in [-0.2, -0.15) is 0 Å². The highest BCUT2D eigenvalue weighted by Gasteiger charge is 2.26. The van der Waals surface area contributed by atoms with Crippen LogP contribution in [0.4, 0.5) is 21.0 Å². The zero-order valence-electron chi connectivity index (χ0n) is 13.6. The lowest BCUT2D eigenvalue weighted by Gasteiger charge is -2.25. The highest BCUT2D eigenvalue weighted by Crippen LogP contribution is 2.40. The summed E-state index contributed by atoms with van der Waals surface area (Å²) in [5.74, 6) is -0.0159. The van der Waals surface area contributed by atoms with Crippen LogP contribution in [0.1, 0.15) is 18.9 Å². The Kier molecular flexibility index (Phi) is 4.78. The van der Waals surface area contributed by atoms with Crippen molar-refractivity contribution in [2.75, 3.05) is 37.6 Å². The number of fused-ring (bicyclic) bond motifs is 1. The van der Waals surface area contributed by atoms with Gasteiger partial charge >= 0.3 is 12.2 Å². The SMILES string of the molecule is COC(=O)N(C)c1cc(O)c2c(c1)N(C(=O)OC)CCC=C2C. The number of methoxy groups -OCH3 is 2. The number of rotatable bonds is 1. The van der Waals surface area contributed by atoms with Crippen LogP contribution in [-0.4, -0.2) is 45.1 Å². The summed E-state index contributed by atoms with van der Waals surface area (Å²) in [7, 11) is 4.10.